The molecule has 0 aromatic carbocycles. The summed E-state index contributed by atoms with van der Waals surface area (Å²) >= 11 is 0. The van der Waals surface area contributed by atoms with Gasteiger partial charge in [-0.2, -0.15) is 0 Å². The topological polar surface area (TPSA) is 77.0 Å². The van der Waals surface area contributed by atoms with Crippen LogP contribution in [0.5, 0.6) is 0 Å². The highest BCUT2D eigenvalue weighted by Gasteiger charge is 2.19. The third-order valence-electron chi connectivity index (χ3n) is 2.98. The Morgan fingerprint density at radius 1 is 1.33 bits per heavy atom. The maximum absolute atomic E-state index is 5.39. The third kappa shape index (κ3) is 2.68. The molecule has 0 spiro atoms. The van der Waals surface area contributed by atoms with Crippen molar-refractivity contribution in [2.24, 2.45) is 11.7 Å². The van der Waals surface area contributed by atoms with Gasteiger partial charge in [0, 0.05) is 6.04 Å². The summed E-state index contributed by atoms with van der Waals surface area (Å²) in [7, 11) is 0. The molecular weight excluding hydrogens is 192 g/mol. The van der Waals surface area contributed by atoms with Crippen molar-refractivity contribution in [3.05, 3.63) is 5.89 Å². The number of rotatable bonds is 3. The van der Waals surface area contributed by atoms with Gasteiger partial charge in [-0.25, -0.2) is 0 Å². The molecule has 0 bridgehead atoms. The van der Waals surface area contributed by atoms with Gasteiger partial charge in [-0.05, 0) is 31.6 Å². The number of nitrogens with two attached hydrogens (primary N) is 1. The minimum absolute atomic E-state index is 0.302. The van der Waals surface area contributed by atoms with Gasteiger partial charge in [0.25, 0.3) is 0 Å². The second-order valence-electron chi connectivity index (χ2n) is 4.31. The zero-order valence-corrected chi connectivity index (χ0v) is 9.07. The fourth-order valence-electron chi connectivity index (χ4n) is 1.97. The van der Waals surface area contributed by atoms with E-state index in [0.29, 0.717) is 24.5 Å². The molecule has 0 aliphatic heterocycles. The van der Waals surface area contributed by atoms with Crippen LogP contribution in [0.4, 0.5) is 6.01 Å². The highest BCUT2D eigenvalue weighted by atomic mass is 16.4. The summed E-state index contributed by atoms with van der Waals surface area (Å²) in [5, 5.41) is 11.0. The van der Waals surface area contributed by atoms with Crippen molar-refractivity contribution in [1.82, 2.24) is 10.2 Å². The van der Waals surface area contributed by atoms with Gasteiger partial charge in [-0.3, -0.25) is 0 Å². The zero-order valence-electron chi connectivity index (χ0n) is 9.07. The van der Waals surface area contributed by atoms with Crippen molar-refractivity contribution in [3.63, 3.8) is 0 Å². The minimum Gasteiger partial charge on any atom is -0.407 e. The summed E-state index contributed by atoms with van der Waals surface area (Å²) in [6.45, 7) is 2.60. The Kier molecular flexibility index (Phi) is 3.20. The molecule has 0 amide bonds. The summed E-state index contributed by atoms with van der Waals surface area (Å²) in [4.78, 5) is 0. The molecule has 0 radical (unpaired) electrons. The lowest BCUT2D eigenvalue weighted by atomic mass is 9.87. The van der Waals surface area contributed by atoms with Crippen molar-refractivity contribution < 1.29 is 4.42 Å². The average molecular weight is 210 g/mol. The van der Waals surface area contributed by atoms with Crippen LogP contribution in [-0.2, 0) is 6.54 Å². The molecule has 1 heterocycles. The fourth-order valence-corrected chi connectivity index (χ4v) is 1.97. The van der Waals surface area contributed by atoms with Crippen LogP contribution in [0.25, 0.3) is 0 Å². The molecule has 5 nitrogen and oxygen atoms in total. The first-order chi connectivity index (χ1) is 7.28. The Morgan fingerprint density at radius 2 is 2.07 bits per heavy atom. The predicted octanol–water partition coefficient (Wildman–Crippen LogP) is 1.52. The van der Waals surface area contributed by atoms with Crippen LogP contribution in [-0.4, -0.2) is 16.2 Å². The van der Waals surface area contributed by atoms with Crippen molar-refractivity contribution in [3.8, 4) is 0 Å². The molecular formula is C10H18N4O. The van der Waals surface area contributed by atoms with Gasteiger partial charge in [0.2, 0.25) is 5.89 Å². The molecule has 1 aliphatic rings. The molecule has 3 N–H and O–H groups in total. The Hall–Kier alpha value is -1.10. The molecule has 0 saturated heterocycles. The van der Waals surface area contributed by atoms with Gasteiger partial charge in [-0.1, -0.05) is 12.0 Å². The molecule has 5 heteroatoms. The molecule has 1 aromatic heterocycles. The molecule has 1 saturated carbocycles. The van der Waals surface area contributed by atoms with Gasteiger partial charge in [0.15, 0.2) is 0 Å². The molecule has 1 aromatic rings. The fraction of sp³-hybridized carbons (Fsp3) is 0.800. The lowest BCUT2D eigenvalue weighted by molar-refractivity contribution is 0.355. The lowest BCUT2D eigenvalue weighted by Gasteiger charge is -2.25. The molecule has 84 valence electrons. The van der Waals surface area contributed by atoms with Crippen molar-refractivity contribution in [2.45, 2.75) is 45.2 Å². The minimum atomic E-state index is 0.302. The average Bonchev–Trinajstić information content (AvgIpc) is 2.69. The standard InChI is InChI=1S/C10H18N4O/c1-7-2-4-8(5-3-7)12-10-14-13-9(6-11)15-10/h7-8H,2-6,11H2,1H3,(H,12,14). The maximum Gasteiger partial charge on any atom is 0.315 e. The third-order valence-corrected chi connectivity index (χ3v) is 2.98. The molecule has 0 atom stereocenters. The van der Waals surface area contributed by atoms with Gasteiger partial charge in [0.05, 0.1) is 6.54 Å². The smallest absolute Gasteiger partial charge is 0.315 e. The second kappa shape index (κ2) is 4.61. The Bertz CT molecular complexity index is 304. The highest BCUT2D eigenvalue weighted by Crippen LogP contribution is 2.25. The number of hydrogen-bond donors (Lipinski definition) is 2. The number of nitrogens with one attached hydrogen (secondary N) is 1. The first kappa shape index (κ1) is 10.4. The van der Waals surface area contributed by atoms with E-state index < -0.39 is 0 Å². The van der Waals surface area contributed by atoms with E-state index in [0.717, 1.165) is 5.92 Å². The largest absolute Gasteiger partial charge is 0.407 e. The Balaban J connectivity index is 1.86. The van der Waals surface area contributed by atoms with Crippen LogP contribution in [0.1, 0.15) is 38.5 Å². The zero-order chi connectivity index (χ0) is 10.7. The van der Waals surface area contributed by atoms with E-state index in [4.69, 9.17) is 10.2 Å². The monoisotopic (exact) mass is 210 g/mol. The van der Waals surface area contributed by atoms with Crippen LogP contribution in [0.3, 0.4) is 0 Å². The first-order valence-electron chi connectivity index (χ1n) is 5.57. The van der Waals surface area contributed by atoms with Crippen LogP contribution >= 0.6 is 0 Å². The van der Waals surface area contributed by atoms with Crippen LogP contribution in [0.15, 0.2) is 4.42 Å². The van der Waals surface area contributed by atoms with Gasteiger partial charge in [-0.15, -0.1) is 5.10 Å². The van der Waals surface area contributed by atoms with E-state index in [1.54, 1.807) is 0 Å². The normalized spacial score (nSPS) is 26.5. The van der Waals surface area contributed by atoms with Crippen molar-refractivity contribution in [1.29, 1.82) is 0 Å². The lowest BCUT2D eigenvalue weighted by Crippen LogP contribution is -2.25. The summed E-state index contributed by atoms with van der Waals surface area (Å²) < 4.78 is 5.30. The first-order valence-corrected chi connectivity index (χ1v) is 5.57. The predicted molar refractivity (Wildman–Crippen MR) is 57.2 cm³/mol. The molecule has 2 rings (SSSR count). The van der Waals surface area contributed by atoms with Crippen molar-refractivity contribution >= 4 is 6.01 Å². The van der Waals surface area contributed by atoms with Gasteiger partial charge in [0.1, 0.15) is 0 Å². The molecule has 1 fully saturated rings. The number of hydrogen-bond acceptors (Lipinski definition) is 5. The van der Waals surface area contributed by atoms with Crippen LogP contribution in [0.2, 0.25) is 0 Å². The quantitative estimate of drug-likeness (QED) is 0.791. The van der Waals surface area contributed by atoms with Gasteiger partial charge >= 0.3 is 6.01 Å². The summed E-state index contributed by atoms with van der Waals surface area (Å²) in [5.74, 6) is 1.34. The van der Waals surface area contributed by atoms with Crippen LogP contribution < -0.4 is 11.1 Å². The number of nitrogens with zero attached hydrogens (tertiary/aromatic N) is 2. The number of aromatic nitrogens is 2. The van der Waals surface area contributed by atoms with E-state index >= 15 is 0 Å². The van der Waals surface area contributed by atoms with E-state index in [-0.39, 0.29) is 0 Å². The van der Waals surface area contributed by atoms with Crippen LogP contribution in [0, 0.1) is 5.92 Å². The molecule has 15 heavy (non-hydrogen) atoms. The molecule has 1 aliphatic carbocycles. The van der Waals surface area contributed by atoms with E-state index in [2.05, 4.69) is 22.4 Å². The summed E-state index contributed by atoms with van der Waals surface area (Å²) in [5.41, 5.74) is 5.39. The Morgan fingerprint density at radius 3 is 2.67 bits per heavy atom. The SMILES string of the molecule is CC1CCC(Nc2nnc(CN)o2)CC1. The van der Waals surface area contributed by atoms with Gasteiger partial charge < -0.3 is 15.5 Å². The van der Waals surface area contributed by atoms with E-state index in [1.807, 2.05) is 0 Å². The second-order valence-corrected chi connectivity index (χ2v) is 4.31. The molecule has 0 unspecified atom stereocenters. The van der Waals surface area contributed by atoms with E-state index in [9.17, 15) is 0 Å². The van der Waals surface area contributed by atoms with E-state index in [1.165, 1.54) is 25.7 Å². The Labute approximate surface area is 89.4 Å². The highest BCUT2D eigenvalue weighted by molar-refractivity contribution is 5.19. The summed E-state index contributed by atoms with van der Waals surface area (Å²) in [6, 6.07) is 0.988. The van der Waals surface area contributed by atoms with Crippen molar-refractivity contribution in [2.75, 3.05) is 5.32 Å². The number of anilines is 1. The maximum atomic E-state index is 5.39. The summed E-state index contributed by atoms with van der Waals surface area (Å²) in [6.07, 6.45) is 4.91.